The Hall–Kier alpha value is -2.64. The molecule has 1 saturated heterocycles. The van der Waals surface area contributed by atoms with E-state index >= 15 is 0 Å². The maximum atomic E-state index is 13.1. The van der Waals surface area contributed by atoms with Crippen LogP contribution >= 0.6 is 0 Å². The fraction of sp³-hybridized carbons (Fsp3) is 0.318. The molecule has 2 aromatic rings. The molecule has 1 N–H and O–H groups in total. The SMILES string of the molecule is COc1ccc(C=CC(=O)NCc2ccccc2)cc1S(=O)(=O)N1CCCCC1. The summed E-state index contributed by atoms with van der Waals surface area (Å²) < 4.78 is 32.9. The summed E-state index contributed by atoms with van der Waals surface area (Å²) in [5, 5.41) is 2.81. The van der Waals surface area contributed by atoms with Crippen molar-refractivity contribution in [1.82, 2.24) is 9.62 Å². The van der Waals surface area contributed by atoms with Crippen LogP contribution in [0.15, 0.2) is 59.5 Å². The van der Waals surface area contributed by atoms with Crippen LogP contribution in [0.2, 0.25) is 0 Å². The summed E-state index contributed by atoms with van der Waals surface area (Å²) in [6, 6.07) is 14.5. The Kier molecular flexibility index (Phi) is 7.06. The second-order valence-corrected chi connectivity index (χ2v) is 8.82. The Labute approximate surface area is 172 Å². The first-order valence-electron chi connectivity index (χ1n) is 9.69. The average molecular weight is 415 g/mol. The molecule has 0 aliphatic carbocycles. The number of amides is 1. The predicted octanol–water partition coefficient (Wildman–Crippen LogP) is 3.20. The van der Waals surface area contributed by atoms with Crippen molar-refractivity contribution in [1.29, 1.82) is 0 Å². The van der Waals surface area contributed by atoms with E-state index in [0.717, 1.165) is 24.8 Å². The van der Waals surface area contributed by atoms with Crippen molar-refractivity contribution in [2.24, 2.45) is 0 Å². The van der Waals surface area contributed by atoms with Crippen LogP contribution in [0.25, 0.3) is 6.08 Å². The van der Waals surface area contributed by atoms with Gasteiger partial charge >= 0.3 is 0 Å². The number of ether oxygens (including phenoxy) is 1. The van der Waals surface area contributed by atoms with Crippen molar-refractivity contribution in [3.63, 3.8) is 0 Å². The topological polar surface area (TPSA) is 75.7 Å². The van der Waals surface area contributed by atoms with E-state index in [4.69, 9.17) is 4.74 Å². The number of rotatable bonds is 7. The van der Waals surface area contributed by atoms with Crippen LogP contribution in [-0.4, -0.2) is 38.8 Å². The molecule has 0 bridgehead atoms. The maximum Gasteiger partial charge on any atom is 0.246 e. The van der Waals surface area contributed by atoms with E-state index in [1.165, 1.54) is 17.5 Å². The standard InChI is InChI=1S/C22H26N2O4S/c1-28-20-12-10-18(11-13-22(25)23-17-19-8-4-2-5-9-19)16-21(20)29(26,27)24-14-6-3-7-15-24/h2,4-5,8-13,16H,3,6-7,14-15,17H2,1H3,(H,23,25). The first-order chi connectivity index (χ1) is 14.0. The first-order valence-corrected chi connectivity index (χ1v) is 11.1. The monoisotopic (exact) mass is 414 g/mol. The number of hydrogen-bond donors (Lipinski definition) is 1. The molecule has 1 heterocycles. The zero-order chi connectivity index (χ0) is 20.7. The van der Waals surface area contributed by atoms with Gasteiger partial charge in [0.25, 0.3) is 0 Å². The average Bonchev–Trinajstić information content (AvgIpc) is 2.77. The zero-order valence-electron chi connectivity index (χ0n) is 16.5. The van der Waals surface area contributed by atoms with E-state index in [1.54, 1.807) is 24.3 Å². The number of nitrogens with zero attached hydrogens (tertiary/aromatic N) is 1. The molecule has 1 fully saturated rings. The Balaban J connectivity index is 1.74. The molecule has 154 valence electrons. The molecule has 6 nitrogen and oxygen atoms in total. The number of carbonyl (C=O) groups is 1. The summed E-state index contributed by atoms with van der Waals surface area (Å²) in [7, 11) is -2.18. The van der Waals surface area contributed by atoms with Crippen molar-refractivity contribution in [3.05, 3.63) is 65.7 Å². The lowest BCUT2D eigenvalue weighted by Gasteiger charge is -2.26. The second-order valence-electron chi connectivity index (χ2n) is 6.91. The zero-order valence-corrected chi connectivity index (χ0v) is 17.3. The molecule has 0 atom stereocenters. The molecule has 0 radical (unpaired) electrons. The van der Waals surface area contributed by atoms with Gasteiger partial charge in [-0.05, 0) is 42.2 Å². The Morgan fingerprint density at radius 1 is 1.10 bits per heavy atom. The van der Waals surface area contributed by atoms with Crippen LogP contribution in [0.4, 0.5) is 0 Å². The Bertz CT molecular complexity index is 966. The van der Waals surface area contributed by atoms with Gasteiger partial charge in [-0.15, -0.1) is 0 Å². The van der Waals surface area contributed by atoms with Gasteiger partial charge in [0, 0.05) is 25.7 Å². The van der Waals surface area contributed by atoms with E-state index < -0.39 is 10.0 Å². The summed E-state index contributed by atoms with van der Waals surface area (Å²) in [6.07, 6.45) is 5.78. The van der Waals surface area contributed by atoms with Gasteiger partial charge in [0.2, 0.25) is 15.9 Å². The molecule has 0 saturated carbocycles. The highest BCUT2D eigenvalue weighted by atomic mass is 32.2. The highest BCUT2D eigenvalue weighted by Gasteiger charge is 2.28. The predicted molar refractivity (Wildman–Crippen MR) is 113 cm³/mol. The molecule has 1 amide bonds. The number of sulfonamides is 1. The van der Waals surface area contributed by atoms with Crippen LogP contribution in [0.1, 0.15) is 30.4 Å². The number of carbonyl (C=O) groups excluding carboxylic acids is 1. The van der Waals surface area contributed by atoms with E-state index in [2.05, 4.69) is 5.32 Å². The minimum Gasteiger partial charge on any atom is -0.495 e. The number of methoxy groups -OCH3 is 1. The molecular formula is C22H26N2O4S. The highest BCUT2D eigenvalue weighted by Crippen LogP contribution is 2.29. The lowest BCUT2D eigenvalue weighted by atomic mass is 10.2. The van der Waals surface area contributed by atoms with Crippen molar-refractivity contribution in [2.45, 2.75) is 30.7 Å². The highest BCUT2D eigenvalue weighted by molar-refractivity contribution is 7.89. The summed E-state index contributed by atoms with van der Waals surface area (Å²) in [4.78, 5) is 12.2. The quantitative estimate of drug-likeness (QED) is 0.706. The van der Waals surface area contributed by atoms with Crippen LogP contribution in [-0.2, 0) is 21.4 Å². The number of piperidine rings is 1. The Morgan fingerprint density at radius 2 is 1.83 bits per heavy atom. The largest absolute Gasteiger partial charge is 0.495 e. The molecular weight excluding hydrogens is 388 g/mol. The lowest BCUT2D eigenvalue weighted by Crippen LogP contribution is -2.35. The van der Waals surface area contributed by atoms with Crippen molar-refractivity contribution in [3.8, 4) is 5.75 Å². The molecule has 1 aliphatic heterocycles. The van der Waals surface area contributed by atoms with Gasteiger partial charge < -0.3 is 10.1 Å². The molecule has 0 spiro atoms. The second kappa shape index (κ2) is 9.71. The molecule has 3 rings (SSSR count). The summed E-state index contributed by atoms with van der Waals surface area (Å²) in [5.74, 6) is 0.0614. The maximum absolute atomic E-state index is 13.1. The number of nitrogens with one attached hydrogen (secondary N) is 1. The fourth-order valence-corrected chi connectivity index (χ4v) is 4.97. The smallest absolute Gasteiger partial charge is 0.246 e. The molecule has 7 heteroatoms. The van der Waals surface area contributed by atoms with Crippen LogP contribution < -0.4 is 10.1 Å². The normalized spacial score (nSPS) is 15.3. The lowest BCUT2D eigenvalue weighted by molar-refractivity contribution is -0.116. The van der Waals surface area contributed by atoms with Crippen molar-refractivity contribution < 1.29 is 17.9 Å². The van der Waals surface area contributed by atoms with Gasteiger partial charge in [-0.1, -0.05) is 42.8 Å². The van der Waals surface area contributed by atoms with E-state index in [-0.39, 0.29) is 10.8 Å². The van der Waals surface area contributed by atoms with Gasteiger partial charge in [-0.25, -0.2) is 8.42 Å². The van der Waals surface area contributed by atoms with Gasteiger partial charge in [0.1, 0.15) is 10.6 Å². The molecule has 1 aliphatic rings. The third-order valence-electron chi connectivity index (χ3n) is 4.86. The van der Waals surface area contributed by atoms with Crippen LogP contribution in [0.3, 0.4) is 0 Å². The van der Waals surface area contributed by atoms with Gasteiger partial charge in [-0.3, -0.25) is 4.79 Å². The molecule has 29 heavy (non-hydrogen) atoms. The minimum absolute atomic E-state index is 0.133. The fourth-order valence-electron chi connectivity index (χ4n) is 3.26. The van der Waals surface area contributed by atoms with E-state index in [9.17, 15) is 13.2 Å². The van der Waals surface area contributed by atoms with Crippen molar-refractivity contribution >= 4 is 22.0 Å². The van der Waals surface area contributed by atoms with Crippen LogP contribution in [0.5, 0.6) is 5.75 Å². The number of hydrogen-bond acceptors (Lipinski definition) is 4. The van der Waals surface area contributed by atoms with Gasteiger partial charge in [0.05, 0.1) is 7.11 Å². The van der Waals surface area contributed by atoms with Gasteiger partial charge in [0.15, 0.2) is 0 Å². The summed E-state index contributed by atoms with van der Waals surface area (Å²) >= 11 is 0. The molecule has 2 aromatic carbocycles. The van der Waals surface area contributed by atoms with Crippen molar-refractivity contribution in [2.75, 3.05) is 20.2 Å². The third-order valence-corrected chi connectivity index (χ3v) is 6.78. The van der Waals surface area contributed by atoms with Crippen LogP contribution in [0, 0.1) is 0 Å². The number of benzene rings is 2. The summed E-state index contributed by atoms with van der Waals surface area (Å²) in [6.45, 7) is 1.47. The minimum atomic E-state index is -3.64. The third kappa shape index (κ3) is 5.46. The summed E-state index contributed by atoms with van der Waals surface area (Å²) in [5.41, 5.74) is 1.63. The first kappa shape index (κ1) is 21.1. The van der Waals surface area contributed by atoms with E-state index in [0.29, 0.717) is 30.9 Å². The molecule has 0 aromatic heterocycles. The molecule has 0 unspecified atom stereocenters. The van der Waals surface area contributed by atoms with Gasteiger partial charge in [-0.2, -0.15) is 4.31 Å². The van der Waals surface area contributed by atoms with E-state index in [1.807, 2.05) is 30.3 Å². The Morgan fingerprint density at radius 3 is 2.52 bits per heavy atom.